The standard InChI is InChI=1S/C27H32ClN3O5/c1-19-23(18-26(33)36-16-14-30-11-9-29(10-12-30)13-15-32)24-17-22(35-2)7-8-25(24)31(19)27(34)20-3-5-21(28)6-4-20/h3-8,17,32H,9-16,18H2,1-2H3. The topological polar surface area (TPSA) is 84.2 Å². The molecule has 36 heavy (non-hydrogen) atoms. The number of fused-ring (bicyclic) bond motifs is 1. The number of carbonyl (C=O) groups is 2. The largest absolute Gasteiger partial charge is 0.497 e. The zero-order valence-corrected chi connectivity index (χ0v) is 21.5. The highest BCUT2D eigenvalue weighted by atomic mass is 35.5. The van der Waals surface area contributed by atoms with Gasteiger partial charge in [-0.05, 0) is 55.0 Å². The number of benzene rings is 2. The summed E-state index contributed by atoms with van der Waals surface area (Å²) in [7, 11) is 1.58. The van der Waals surface area contributed by atoms with Crippen molar-refractivity contribution in [1.82, 2.24) is 14.4 Å². The van der Waals surface area contributed by atoms with Crippen molar-refractivity contribution in [3.63, 3.8) is 0 Å². The van der Waals surface area contributed by atoms with Gasteiger partial charge in [0.2, 0.25) is 0 Å². The molecule has 0 unspecified atom stereocenters. The third kappa shape index (κ3) is 5.90. The molecule has 2 heterocycles. The van der Waals surface area contributed by atoms with Crippen LogP contribution in [0.1, 0.15) is 21.6 Å². The number of aliphatic hydroxyl groups excluding tert-OH is 1. The van der Waals surface area contributed by atoms with Crippen LogP contribution in [0, 0.1) is 6.92 Å². The van der Waals surface area contributed by atoms with E-state index in [1.54, 1.807) is 42.0 Å². The number of hydrogen-bond donors (Lipinski definition) is 1. The predicted octanol–water partition coefficient (Wildman–Crippen LogP) is 3.00. The zero-order valence-electron chi connectivity index (χ0n) is 20.7. The highest BCUT2D eigenvalue weighted by Crippen LogP contribution is 2.31. The van der Waals surface area contributed by atoms with Gasteiger partial charge in [0.1, 0.15) is 12.4 Å². The van der Waals surface area contributed by atoms with Gasteiger partial charge in [-0.15, -0.1) is 0 Å². The van der Waals surface area contributed by atoms with E-state index in [0.717, 1.165) is 37.1 Å². The first kappa shape index (κ1) is 26.2. The molecule has 8 nitrogen and oxygen atoms in total. The molecule has 3 aromatic rings. The summed E-state index contributed by atoms with van der Waals surface area (Å²) in [6.07, 6.45) is 0.0562. The lowest BCUT2D eigenvalue weighted by Crippen LogP contribution is -2.48. The van der Waals surface area contributed by atoms with Crippen LogP contribution in [0.3, 0.4) is 0 Å². The number of aliphatic hydroxyl groups is 1. The fraction of sp³-hybridized carbons (Fsp3) is 0.407. The number of halogens is 1. The van der Waals surface area contributed by atoms with Crippen molar-refractivity contribution in [3.05, 3.63) is 64.3 Å². The van der Waals surface area contributed by atoms with Crippen LogP contribution in [0.25, 0.3) is 10.9 Å². The fourth-order valence-corrected chi connectivity index (χ4v) is 4.78. The van der Waals surface area contributed by atoms with E-state index < -0.39 is 0 Å². The summed E-state index contributed by atoms with van der Waals surface area (Å²) < 4.78 is 12.6. The predicted molar refractivity (Wildman–Crippen MR) is 139 cm³/mol. The van der Waals surface area contributed by atoms with Crippen LogP contribution in [0.2, 0.25) is 5.02 Å². The monoisotopic (exact) mass is 513 g/mol. The second kappa shape index (κ2) is 11.9. The van der Waals surface area contributed by atoms with E-state index in [9.17, 15) is 9.59 Å². The average molecular weight is 514 g/mol. The van der Waals surface area contributed by atoms with Crippen molar-refractivity contribution >= 4 is 34.4 Å². The van der Waals surface area contributed by atoms with Gasteiger partial charge in [0, 0.05) is 60.9 Å². The highest BCUT2D eigenvalue weighted by Gasteiger charge is 2.23. The van der Waals surface area contributed by atoms with Gasteiger partial charge in [-0.1, -0.05) is 11.6 Å². The van der Waals surface area contributed by atoms with Gasteiger partial charge in [-0.25, -0.2) is 0 Å². The molecule has 1 fully saturated rings. The molecule has 2 aromatic carbocycles. The molecule has 0 atom stereocenters. The number of aromatic nitrogens is 1. The molecule has 0 radical (unpaired) electrons. The number of piperazine rings is 1. The van der Waals surface area contributed by atoms with Crippen molar-refractivity contribution < 1.29 is 24.2 Å². The summed E-state index contributed by atoms with van der Waals surface area (Å²) in [6.45, 7) is 7.26. The summed E-state index contributed by atoms with van der Waals surface area (Å²) >= 11 is 6.00. The van der Waals surface area contributed by atoms with Gasteiger partial charge in [0.25, 0.3) is 5.91 Å². The maximum Gasteiger partial charge on any atom is 0.310 e. The van der Waals surface area contributed by atoms with Crippen LogP contribution in [0.5, 0.6) is 5.75 Å². The number of ether oxygens (including phenoxy) is 2. The molecule has 0 aliphatic carbocycles. The Labute approximate surface area is 215 Å². The minimum atomic E-state index is -0.335. The average Bonchev–Trinajstić information content (AvgIpc) is 3.15. The molecule has 1 saturated heterocycles. The van der Waals surface area contributed by atoms with Crippen molar-refractivity contribution in [2.24, 2.45) is 0 Å². The lowest BCUT2D eigenvalue weighted by Gasteiger charge is -2.34. The van der Waals surface area contributed by atoms with Crippen LogP contribution in [0.4, 0.5) is 0 Å². The summed E-state index contributed by atoms with van der Waals surface area (Å²) in [5.41, 5.74) is 2.64. The van der Waals surface area contributed by atoms with Crippen LogP contribution in [-0.2, 0) is 16.0 Å². The Morgan fingerprint density at radius 2 is 1.67 bits per heavy atom. The maximum atomic E-state index is 13.4. The molecule has 192 valence electrons. The molecule has 1 aliphatic rings. The molecule has 4 rings (SSSR count). The molecule has 0 spiro atoms. The van der Waals surface area contributed by atoms with E-state index >= 15 is 0 Å². The summed E-state index contributed by atoms with van der Waals surface area (Å²) in [6, 6.07) is 12.2. The third-order valence-corrected chi connectivity index (χ3v) is 6.96. The first-order valence-electron chi connectivity index (χ1n) is 12.1. The molecule has 0 amide bonds. The zero-order chi connectivity index (χ0) is 25.7. The molecule has 0 bridgehead atoms. The van der Waals surface area contributed by atoms with Crippen molar-refractivity contribution in [1.29, 1.82) is 0 Å². The molecule has 1 N–H and O–H groups in total. The van der Waals surface area contributed by atoms with E-state index in [2.05, 4.69) is 9.80 Å². The normalized spacial score (nSPS) is 14.8. The highest BCUT2D eigenvalue weighted by molar-refractivity contribution is 6.30. The number of nitrogens with zero attached hydrogens (tertiary/aromatic N) is 3. The number of carbonyl (C=O) groups excluding carboxylic acids is 2. The Morgan fingerprint density at radius 3 is 2.31 bits per heavy atom. The molecular weight excluding hydrogens is 482 g/mol. The number of rotatable bonds is 9. The minimum Gasteiger partial charge on any atom is -0.497 e. The Balaban J connectivity index is 1.48. The lowest BCUT2D eigenvalue weighted by molar-refractivity contribution is -0.143. The molecule has 0 saturated carbocycles. The Kier molecular flexibility index (Phi) is 8.64. The molecule has 1 aromatic heterocycles. The van der Waals surface area contributed by atoms with E-state index in [0.29, 0.717) is 47.2 Å². The van der Waals surface area contributed by atoms with E-state index in [4.69, 9.17) is 26.2 Å². The van der Waals surface area contributed by atoms with E-state index in [-0.39, 0.29) is 24.9 Å². The quantitative estimate of drug-likeness (QED) is 0.440. The van der Waals surface area contributed by atoms with Crippen LogP contribution in [0.15, 0.2) is 42.5 Å². The van der Waals surface area contributed by atoms with E-state index in [1.165, 1.54) is 0 Å². The van der Waals surface area contributed by atoms with Crippen LogP contribution in [-0.4, -0.2) is 90.9 Å². The van der Waals surface area contributed by atoms with Gasteiger partial charge in [-0.2, -0.15) is 0 Å². The van der Waals surface area contributed by atoms with Crippen molar-refractivity contribution in [2.75, 3.05) is 59.6 Å². The third-order valence-electron chi connectivity index (χ3n) is 6.71. The second-order valence-electron chi connectivity index (χ2n) is 8.90. The van der Waals surface area contributed by atoms with Crippen molar-refractivity contribution in [2.45, 2.75) is 13.3 Å². The Morgan fingerprint density at radius 1 is 1.00 bits per heavy atom. The number of β-amino-alcohol motifs (C(OH)–C–C–N with tert-alkyl or cyclic N) is 1. The Bertz CT molecular complexity index is 1220. The summed E-state index contributed by atoms with van der Waals surface area (Å²) in [4.78, 5) is 30.7. The van der Waals surface area contributed by atoms with Crippen LogP contribution < -0.4 is 4.74 Å². The molecule has 1 aliphatic heterocycles. The van der Waals surface area contributed by atoms with Gasteiger partial charge in [0.05, 0.1) is 25.7 Å². The number of hydrogen-bond acceptors (Lipinski definition) is 7. The van der Waals surface area contributed by atoms with Crippen LogP contribution >= 0.6 is 11.6 Å². The van der Waals surface area contributed by atoms with Gasteiger partial charge in [0.15, 0.2) is 0 Å². The van der Waals surface area contributed by atoms with Gasteiger partial charge in [-0.3, -0.25) is 24.0 Å². The molecular formula is C27H32ClN3O5. The number of esters is 1. The second-order valence-corrected chi connectivity index (χ2v) is 9.34. The maximum absolute atomic E-state index is 13.4. The van der Waals surface area contributed by atoms with Gasteiger partial charge < -0.3 is 14.6 Å². The summed E-state index contributed by atoms with van der Waals surface area (Å²) in [5.74, 6) is 0.116. The lowest BCUT2D eigenvalue weighted by atomic mass is 10.1. The Hall–Kier alpha value is -2.91. The first-order valence-corrected chi connectivity index (χ1v) is 12.5. The first-order chi connectivity index (χ1) is 17.4. The number of methoxy groups -OCH3 is 1. The van der Waals surface area contributed by atoms with E-state index in [1.807, 2.05) is 19.1 Å². The SMILES string of the molecule is COc1ccc2c(c1)c(CC(=O)OCCN1CCN(CCO)CC1)c(C)n2C(=O)c1ccc(Cl)cc1. The van der Waals surface area contributed by atoms with Gasteiger partial charge >= 0.3 is 5.97 Å². The smallest absolute Gasteiger partial charge is 0.310 e. The fourth-order valence-electron chi connectivity index (χ4n) is 4.66. The molecule has 9 heteroatoms. The van der Waals surface area contributed by atoms with Crippen molar-refractivity contribution in [3.8, 4) is 5.75 Å². The minimum absolute atomic E-state index is 0.0562. The summed E-state index contributed by atoms with van der Waals surface area (Å²) in [5, 5.41) is 10.4.